The lowest BCUT2D eigenvalue weighted by Gasteiger charge is -2.11. The van der Waals surface area contributed by atoms with Gasteiger partial charge in [0.2, 0.25) is 5.88 Å². The largest absolute Gasteiger partial charge is 0.494 e. The molecule has 0 unspecified atom stereocenters. The lowest BCUT2D eigenvalue weighted by Crippen LogP contribution is -2.34. The number of sulfonamides is 1. The van der Waals surface area contributed by atoms with Gasteiger partial charge < -0.3 is 10.4 Å². The van der Waals surface area contributed by atoms with Gasteiger partial charge >= 0.3 is 6.03 Å². The van der Waals surface area contributed by atoms with Gasteiger partial charge in [-0.25, -0.2) is 27.5 Å². The summed E-state index contributed by atoms with van der Waals surface area (Å²) >= 11 is 6.54. The molecule has 0 fully saturated rings. The van der Waals surface area contributed by atoms with E-state index in [0.717, 1.165) is 15.9 Å². The van der Waals surface area contributed by atoms with Crippen LogP contribution in [0.25, 0.3) is 16.6 Å². The maximum absolute atomic E-state index is 12.4. The molecule has 31 heavy (non-hydrogen) atoms. The molecule has 158 valence electrons. The van der Waals surface area contributed by atoms with E-state index in [0.29, 0.717) is 10.8 Å². The molecular formula is C19H13ClN4O5S2. The fourth-order valence-electron chi connectivity index (χ4n) is 2.83. The zero-order chi connectivity index (χ0) is 22.2. The Balaban J connectivity index is 1.55. The molecule has 0 aliphatic carbocycles. The number of halogens is 1. The van der Waals surface area contributed by atoms with Crippen LogP contribution in [0.1, 0.15) is 0 Å². The highest BCUT2D eigenvalue weighted by Crippen LogP contribution is 2.26. The third kappa shape index (κ3) is 4.24. The highest BCUT2D eigenvalue weighted by atomic mass is 35.5. The lowest BCUT2D eigenvalue weighted by molar-refractivity contribution is 0.256. The van der Waals surface area contributed by atoms with Gasteiger partial charge in [-0.05, 0) is 35.7 Å². The van der Waals surface area contributed by atoms with Crippen LogP contribution >= 0.6 is 22.9 Å². The molecule has 3 heterocycles. The molecule has 12 heteroatoms. The Bertz CT molecular complexity index is 1460. The smallest absolute Gasteiger partial charge is 0.333 e. The molecule has 0 radical (unpaired) electrons. The van der Waals surface area contributed by atoms with Gasteiger partial charge in [-0.15, -0.1) is 11.3 Å². The van der Waals surface area contributed by atoms with Gasteiger partial charge in [0.1, 0.15) is 10.0 Å². The maximum Gasteiger partial charge on any atom is 0.333 e. The Morgan fingerprint density at radius 2 is 1.90 bits per heavy atom. The summed E-state index contributed by atoms with van der Waals surface area (Å²) in [5.74, 6) is -0.144. The van der Waals surface area contributed by atoms with Crippen molar-refractivity contribution in [2.45, 2.75) is 4.21 Å². The normalized spacial score (nSPS) is 11.4. The molecule has 4 rings (SSSR count). The fraction of sp³-hybridized carbons (Fsp3) is 0. The standard InChI is InChI=1S/C19H13ClN4O5S2/c20-14-6-8-17(30-14)31(28,29)23-19(27)22-12-5-7-15(21-10-12)24-16(25)9-11-3-1-2-4-13(11)18(24)26/h1-10,26H,(H2,22,23,27). The lowest BCUT2D eigenvalue weighted by atomic mass is 10.1. The van der Waals surface area contributed by atoms with Crippen LogP contribution in [0.5, 0.6) is 5.88 Å². The topological polar surface area (TPSA) is 130 Å². The summed E-state index contributed by atoms with van der Waals surface area (Å²) in [6, 6.07) is 12.7. The van der Waals surface area contributed by atoms with E-state index in [9.17, 15) is 23.1 Å². The summed E-state index contributed by atoms with van der Waals surface area (Å²) in [5, 5.41) is 13.9. The van der Waals surface area contributed by atoms with Crippen LogP contribution in [-0.2, 0) is 10.0 Å². The molecule has 3 N–H and O–H groups in total. The molecule has 0 spiro atoms. The van der Waals surface area contributed by atoms with Crippen molar-refractivity contribution < 1.29 is 18.3 Å². The Labute approximate surface area is 184 Å². The number of thiophene rings is 1. The number of benzene rings is 1. The van der Waals surface area contributed by atoms with Crippen molar-refractivity contribution in [2.24, 2.45) is 0 Å². The van der Waals surface area contributed by atoms with Gasteiger partial charge in [0.25, 0.3) is 15.6 Å². The molecule has 9 nitrogen and oxygen atoms in total. The van der Waals surface area contributed by atoms with E-state index in [2.05, 4.69) is 10.3 Å². The molecule has 0 aliphatic rings. The number of hydrogen-bond acceptors (Lipinski definition) is 7. The summed E-state index contributed by atoms with van der Waals surface area (Å²) in [6.45, 7) is 0. The van der Waals surface area contributed by atoms with Crippen molar-refractivity contribution in [2.75, 3.05) is 5.32 Å². The summed E-state index contributed by atoms with van der Waals surface area (Å²) < 4.78 is 27.4. The van der Waals surface area contributed by atoms with Crippen molar-refractivity contribution >= 4 is 55.5 Å². The van der Waals surface area contributed by atoms with E-state index in [1.807, 2.05) is 4.72 Å². The predicted molar refractivity (Wildman–Crippen MR) is 118 cm³/mol. The van der Waals surface area contributed by atoms with E-state index in [-0.39, 0.29) is 25.9 Å². The minimum Gasteiger partial charge on any atom is -0.494 e. The molecule has 0 saturated carbocycles. The average molecular weight is 477 g/mol. The van der Waals surface area contributed by atoms with Crippen molar-refractivity contribution in [3.8, 4) is 11.7 Å². The van der Waals surface area contributed by atoms with Gasteiger partial charge in [-0.1, -0.05) is 29.8 Å². The van der Waals surface area contributed by atoms with Crippen LogP contribution in [0, 0.1) is 0 Å². The molecule has 2 amide bonds. The number of carbonyl (C=O) groups is 1. The molecule has 3 aromatic heterocycles. The first-order chi connectivity index (χ1) is 14.7. The van der Waals surface area contributed by atoms with Gasteiger partial charge in [-0.2, -0.15) is 0 Å². The second kappa shape index (κ2) is 8.02. The number of nitrogens with one attached hydrogen (secondary N) is 2. The van der Waals surface area contributed by atoms with Crippen LogP contribution in [0.2, 0.25) is 4.34 Å². The summed E-state index contributed by atoms with van der Waals surface area (Å²) in [6.07, 6.45) is 1.23. The first-order valence-electron chi connectivity index (χ1n) is 8.64. The van der Waals surface area contributed by atoms with Crippen LogP contribution in [0.3, 0.4) is 0 Å². The quantitative estimate of drug-likeness (QED) is 0.414. The number of nitrogens with zero attached hydrogens (tertiary/aromatic N) is 2. The Morgan fingerprint density at radius 1 is 1.13 bits per heavy atom. The van der Waals surface area contributed by atoms with E-state index in [1.54, 1.807) is 24.3 Å². The van der Waals surface area contributed by atoms with Crippen LogP contribution in [0.15, 0.2) is 69.8 Å². The van der Waals surface area contributed by atoms with Crippen LogP contribution < -0.4 is 15.6 Å². The summed E-state index contributed by atoms with van der Waals surface area (Å²) in [4.78, 5) is 28.6. The Kier molecular flexibility index (Phi) is 5.39. The number of aromatic nitrogens is 2. The number of pyridine rings is 2. The molecular weight excluding hydrogens is 464 g/mol. The number of anilines is 1. The molecule has 0 saturated heterocycles. The number of hydrogen-bond donors (Lipinski definition) is 3. The number of fused-ring (bicyclic) bond motifs is 1. The van der Waals surface area contributed by atoms with Crippen molar-refractivity contribution in [3.63, 3.8) is 0 Å². The van der Waals surface area contributed by atoms with Gasteiger partial charge in [-0.3, -0.25) is 4.79 Å². The maximum atomic E-state index is 12.4. The predicted octanol–water partition coefficient (Wildman–Crippen LogP) is 3.32. The molecule has 0 bridgehead atoms. The molecule has 0 aliphatic heterocycles. The summed E-state index contributed by atoms with van der Waals surface area (Å²) in [7, 11) is -4.07. The van der Waals surface area contributed by atoms with E-state index in [1.165, 1.54) is 36.5 Å². The highest BCUT2D eigenvalue weighted by Gasteiger charge is 2.20. The minimum absolute atomic E-state index is 0.104. The van der Waals surface area contributed by atoms with E-state index >= 15 is 0 Å². The number of carbonyl (C=O) groups excluding carboxylic acids is 1. The highest BCUT2D eigenvalue weighted by molar-refractivity contribution is 7.92. The zero-order valence-electron chi connectivity index (χ0n) is 15.4. The summed E-state index contributed by atoms with van der Waals surface area (Å²) in [5.41, 5.74) is -0.308. The SMILES string of the molecule is O=C(Nc1ccc(-n2c(O)c3ccccc3cc2=O)nc1)NS(=O)(=O)c1ccc(Cl)s1. The number of amides is 2. The first-order valence-corrected chi connectivity index (χ1v) is 11.3. The first kappa shape index (κ1) is 20.8. The minimum atomic E-state index is -4.07. The molecule has 1 aromatic carbocycles. The molecule has 4 aromatic rings. The fourth-order valence-corrected chi connectivity index (χ4v) is 5.22. The molecule has 0 atom stereocenters. The monoisotopic (exact) mass is 476 g/mol. The van der Waals surface area contributed by atoms with Crippen molar-refractivity contribution in [1.82, 2.24) is 14.3 Å². The Morgan fingerprint density at radius 3 is 2.58 bits per heavy atom. The second-order valence-corrected chi connectivity index (χ2v) is 9.88. The van der Waals surface area contributed by atoms with E-state index < -0.39 is 21.6 Å². The van der Waals surface area contributed by atoms with E-state index in [4.69, 9.17) is 11.6 Å². The van der Waals surface area contributed by atoms with Gasteiger partial charge in [0.05, 0.1) is 16.2 Å². The number of aromatic hydroxyl groups is 1. The van der Waals surface area contributed by atoms with Gasteiger partial charge in [0.15, 0.2) is 0 Å². The zero-order valence-corrected chi connectivity index (χ0v) is 17.8. The third-order valence-corrected chi connectivity index (χ3v) is 7.24. The third-order valence-electron chi connectivity index (χ3n) is 4.19. The van der Waals surface area contributed by atoms with Gasteiger partial charge in [0, 0.05) is 11.5 Å². The Hall–Kier alpha value is -3.41. The van der Waals surface area contributed by atoms with Crippen LogP contribution in [0.4, 0.5) is 10.5 Å². The second-order valence-electron chi connectivity index (χ2n) is 6.25. The average Bonchev–Trinajstić information content (AvgIpc) is 3.16. The van der Waals surface area contributed by atoms with Crippen molar-refractivity contribution in [3.05, 3.63) is 75.5 Å². The van der Waals surface area contributed by atoms with Crippen LogP contribution in [-0.4, -0.2) is 29.1 Å². The van der Waals surface area contributed by atoms with Crippen molar-refractivity contribution in [1.29, 1.82) is 0 Å². The number of rotatable bonds is 4. The number of urea groups is 1.